The lowest BCUT2D eigenvalue weighted by Gasteiger charge is -2.33. The second-order valence-electron chi connectivity index (χ2n) is 5.68. The number of hydrogen-bond donors (Lipinski definition) is 1. The van der Waals surface area contributed by atoms with Crippen LogP contribution in [0, 0.1) is 0 Å². The smallest absolute Gasteiger partial charge is 0.302 e. The summed E-state index contributed by atoms with van der Waals surface area (Å²) in [5, 5.41) is 0. The number of rotatable bonds is 4. The Morgan fingerprint density at radius 1 is 1.33 bits per heavy atom. The Kier molecular flexibility index (Phi) is 4.94. The van der Waals surface area contributed by atoms with Crippen molar-refractivity contribution in [1.29, 1.82) is 0 Å². The molecule has 0 unspecified atom stereocenters. The van der Waals surface area contributed by atoms with Gasteiger partial charge in [-0.2, -0.15) is 0 Å². The van der Waals surface area contributed by atoms with Crippen molar-refractivity contribution in [2.24, 2.45) is 0 Å². The van der Waals surface area contributed by atoms with E-state index in [-0.39, 0.29) is 18.2 Å². The normalized spacial score (nSPS) is 16.1. The fourth-order valence-corrected chi connectivity index (χ4v) is 2.54. The first-order valence-electron chi connectivity index (χ1n) is 7.44. The van der Waals surface area contributed by atoms with Gasteiger partial charge in [0.25, 0.3) is 0 Å². The van der Waals surface area contributed by atoms with Crippen molar-refractivity contribution in [3.8, 4) is 5.75 Å². The average molecular weight is 292 g/mol. The zero-order chi connectivity index (χ0) is 15.4. The molecule has 2 N–H and O–H groups in total. The zero-order valence-electron chi connectivity index (χ0n) is 13.0. The Morgan fingerprint density at radius 3 is 2.57 bits per heavy atom. The number of esters is 1. The molecular weight excluding hydrogens is 268 g/mol. The monoisotopic (exact) mass is 292 g/mol. The summed E-state index contributed by atoms with van der Waals surface area (Å²) in [6.45, 7) is 7.15. The number of anilines is 2. The summed E-state index contributed by atoms with van der Waals surface area (Å²) in [4.78, 5) is 13.3. The minimum Gasteiger partial charge on any atom is -0.489 e. The van der Waals surface area contributed by atoms with Crippen LogP contribution in [0.15, 0.2) is 18.2 Å². The van der Waals surface area contributed by atoms with Crippen LogP contribution in [-0.2, 0) is 9.53 Å². The van der Waals surface area contributed by atoms with Crippen molar-refractivity contribution in [2.75, 3.05) is 23.7 Å². The first-order valence-corrected chi connectivity index (χ1v) is 7.44. The van der Waals surface area contributed by atoms with E-state index in [1.54, 1.807) is 0 Å². The van der Waals surface area contributed by atoms with E-state index in [1.165, 1.54) is 6.92 Å². The molecule has 0 saturated carbocycles. The van der Waals surface area contributed by atoms with Gasteiger partial charge in [0, 0.05) is 44.6 Å². The molecule has 0 atom stereocenters. The first-order chi connectivity index (χ1) is 9.95. The minimum absolute atomic E-state index is 0.0407. The summed E-state index contributed by atoms with van der Waals surface area (Å²) in [6, 6.07) is 5.88. The lowest BCUT2D eigenvalue weighted by molar-refractivity contribution is -0.147. The van der Waals surface area contributed by atoms with E-state index in [9.17, 15) is 4.79 Å². The van der Waals surface area contributed by atoms with Gasteiger partial charge >= 0.3 is 5.97 Å². The first kappa shape index (κ1) is 15.5. The number of nitrogens with two attached hydrogens (primary N) is 1. The molecule has 116 valence electrons. The van der Waals surface area contributed by atoms with Gasteiger partial charge in [-0.1, -0.05) is 0 Å². The molecule has 1 aromatic rings. The molecule has 0 spiro atoms. The number of hydrogen-bond acceptors (Lipinski definition) is 5. The molecule has 0 aromatic heterocycles. The third-order valence-electron chi connectivity index (χ3n) is 3.50. The summed E-state index contributed by atoms with van der Waals surface area (Å²) >= 11 is 0. The van der Waals surface area contributed by atoms with Crippen molar-refractivity contribution >= 4 is 17.3 Å². The van der Waals surface area contributed by atoms with E-state index in [0.717, 1.165) is 37.4 Å². The highest BCUT2D eigenvalue weighted by atomic mass is 16.5. The Bertz CT molecular complexity index is 494. The van der Waals surface area contributed by atoms with Gasteiger partial charge in [-0.3, -0.25) is 4.79 Å². The van der Waals surface area contributed by atoms with E-state index in [2.05, 4.69) is 4.90 Å². The van der Waals surface area contributed by atoms with Gasteiger partial charge in [0.15, 0.2) is 0 Å². The van der Waals surface area contributed by atoms with Crippen molar-refractivity contribution in [3.05, 3.63) is 18.2 Å². The molecule has 5 heteroatoms. The fraction of sp³-hybridized carbons (Fsp3) is 0.562. The summed E-state index contributed by atoms with van der Waals surface area (Å²) in [6.07, 6.45) is 1.84. The lowest BCUT2D eigenvalue weighted by Crippen LogP contribution is -2.37. The highest BCUT2D eigenvalue weighted by molar-refractivity contribution is 5.66. The molecule has 1 aliphatic heterocycles. The van der Waals surface area contributed by atoms with Crippen molar-refractivity contribution < 1.29 is 14.3 Å². The highest BCUT2D eigenvalue weighted by Gasteiger charge is 2.22. The summed E-state index contributed by atoms with van der Waals surface area (Å²) in [5.41, 5.74) is 7.70. The molecule has 0 aliphatic carbocycles. The molecule has 1 saturated heterocycles. The molecule has 1 aliphatic rings. The molecule has 0 bridgehead atoms. The van der Waals surface area contributed by atoms with Crippen molar-refractivity contribution in [2.45, 2.75) is 45.8 Å². The Balaban J connectivity index is 2.01. The van der Waals surface area contributed by atoms with E-state index in [1.807, 2.05) is 32.0 Å². The standard InChI is InChI=1S/C16H24N2O3/c1-11(2)20-16-10-13(4-5-15(16)17)18-8-6-14(7-9-18)21-12(3)19/h4-5,10-11,14H,6-9,17H2,1-3H3. The molecule has 1 aromatic carbocycles. The average Bonchev–Trinajstić information content (AvgIpc) is 2.41. The second kappa shape index (κ2) is 6.70. The van der Waals surface area contributed by atoms with Crippen LogP contribution in [-0.4, -0.2) is 31.3 Å². The van der Waals surface area contributed by atoms with E-state index >= 15 is 0 Å². The largest absolute Gasteiger partial charge is 0.489 e. The maximum atomic E-state index is 11.0. The Labute approximate surface area is 126 Å². The summed E-state index contributed by atoms with van der Waals surface area (Å²) in [5.74, 6) is 0.526. The molecule has 5 nitrogen and oxygen atoms in total. The molecule has 0 radical (unpaired) electrons. The van der Waals surface area contributed by atoms with E-state index < -0.39 is 0 Å². The van der Waals surface area contributed by atoms with Crippen LogP contribution in [0.2, 0.25) is 0 Å². The highest BCUT2D eigenvalue weighted by Crippen LogP contribution is 2.30. The van der Waals surface area contributed by atoms with E-state index in [4.69, 9.17) is 15.2 Å². The SMILES string of the molecule is CC(=O)OC1CCN(c2ccc(N)c(OC(C)C)c2)CC1. The topological polar surface area (TPSA) is 64.8 Å². The number of nitrogens with zero attached hydrogens (tertiary/aromatic N) is 1. The number of nitrogen functional groups attached to an aromatic ring is 1. The number of benzene rings is 1. The van der Waals surface area contributed by atoms with Gasteiger partial charge in [-0.05, 0) is 26.0 Å². The maximum absolute atomic E-state index is 11.0. The molecule has 21 heavy (non-hydrogen) atoms. The number of ether oxygens (including phenoxy) is 2. The maximum Gasteiger partial charge on any atom is 0.302 e. The van der Waals surface area contributed by atoms with Crippen LogP contribution >= 0.6 is 0 Å². The van der Waals surface area contributed by atoms with Gasteiger partial charge in [-0.15, -0.1) is 0 Å². The molecule has 2 rings (SSSR count). The van der Waals surface area contributed by atoms with Crippen LogP contribution in [0.4, 0.5) is 11.4 Å². The van der Waals surface area contributed by atoms with E-state index in [0.29, 0.717) is 5.69 Å². The van der Waals surface area contributed by atoms with Crippen LogP contribution in [0.1, 0.15) is 33.6 Å². The van der Waals surface area contributed by atoms with Gasteiger partial charge in [0.1, 0.15) is 11.9 Å². The van der Waals surface area contributed by atoms with Crippen LogP contribution in [0.25, 0.3) is 0 Å². The fourth-order valence-electron chi connectivity index (χ4n) is 2.54. The summed E-state index contributed by atoms with van der Waals surface area (Å²) < 4.78 is 11.0. The number of piperidine rings is 1. The third kappa shape index (κ3) is 4.28. The lowest BCUT2D eigenvalue weighted by atomic mass is 10.1. The molecule has 1 fully saturated rings. The third-order valence-corrected chi connectivity index (χ3v) is 3.50. The molecule has 0 amide bonds. The minimum atomic E-state index is -0.200. The van der Waals surface area contributed by atoms with Gasteiger partial charge in [-0.25, -0.2) is 0 Å². The van der Waals surface area contributed by atoms with Crippen molar-refractivity contribution in [3.63, 3.8) is 0 Å². The van der Waals surface area contributed by atoms with Crippen molar-refractivity contribution in [1.82, 2.24) is 0 Å². The van der Waals surface area contributed by atoms with Gasteiger partial charge < -0.3 is 20.1 Å². The van der Waals surface area contributed by atoms with Gasteiger partial charge in [0.05, 0.1) is 11.8 Å². The van der Waals surface area contributed by atoms with Crippen LogP contribution < -0.4 is 15.4 Å². The Morgan fingerprint density at radius 2 is 2.00 bits per heavy atom. The quantitative estimate of drug-likeness (QED) is 0.682. The summed E-state index contributed by atoms with van der Waals surface area (Å²) in [7, 11) is 0. The number of carbonyl (C=O) groups excluding carboxylic acids is 1. The molecule has 1 heterocycles. The molecular formula is C16H24N2O3. The van der Waals surface area contributed by atoms with Gasteiger partial charge in [0.2, 0.25) is 0 Å². The number of carbonyl (C=O) groups is 1. The predicted octanol–water partition coefficient (Wildman–Crippen LogP) is 2.59. The zero-order valence-corrected chi connectivity index (χ0v) is 13.0. The second-order valence-corrected chi connectivity index (χ2v) is 5.68. The van der Waals surface area contributed by atoms with Crippen LogP contribution in [0.3, 0.4) is 0 Å². The predicted molar refractivity (Wildman–Crippen MR) is 83.6 cm³/mol. The van der Waals surface area contributed by atoms with Crippen LogP contribution in [0.5, 0.6) is 5.75 Å². The Hall–Kier alpha value is -1.91.